The Kier molecular flexibility index (Phi) is 5.27. The van der Waals surface area contributed by atoms with Gasteiger partial charge in [-0.1, -0.05) is 48.0 Å². The third-order valence-corrected chi connectivity index (χ3v) is 7.14. The molecule has 2 aromatic heterocycles. The van der Waals surface area contributed by atoms with Crippen LogP contribution in [0.2, 0.25) is 5.02 Å². The van der Waals surface area contributed by atoms with Crippen LogP contribution in [0, 0.1) is 0 Å². The fraction of sp³-hybridized carbons (Fsp3) is 0.214. The number of hydrogen-bond donors (Lipinski definition) is 1. The molecule has 0 saturated carbocycles. The summed E-state index contributed by atoms with van der Waals surface area (Å²) in [5.41, 5.74) is 6.70. The van der Waals surface area contributed by atoms with E-state index in [9.17, 15) is 0 Å². The van der Waals surface area contributed by atoms with Gasteiger partial charge in [0.05, 0.1) is 35.0 Å². The van der Waals surface area contributed by atoms with Gasteiger partial charge < -0.3 is 23.6 Å². The van der Waals surface area contributed by atoms with Crippen molar-refractivity contribution in [2.75, 3.05) is 13.2 Å². The number of nitrogens with one attached hydrogen (secondary N) is 1. The summed E-state index contributed by atoms with van der Waals surface area (Å²) in [5.74, 6) is 0.612. The molecular weight excluding hydrogens is 478 g/mol. The largest absolute Gasteiger partial charge is 0.456 e. The van der Waals surface area contributed by atoms with E-state index in [1.165, 1.54) is 0 Å². The molecule has 2 aliphatic rings. The van der Waals surface area contributed by atoms with Gasteiger partial charge >= 0.3 is 0 Å². The number of halogens is 1. The van der Waals surface area contributed by atoms with Crippen LogP contribution < -0.4 is 4.74 Å². The van der Waals surface area contributed by atoms with E-state index in [4.69, 9.17) is 30.2 Å². The van der Waals surface area contributed by atoms with Crippen LogP contribution in [-0.2, 0) is 9.47 Å². The van der Waals surface area contributed by atoms with Crippen LogP contribution in [0.5, 0.6) is 6.01 Å². The first-order chi connectivity index (χ1) is 17.7. The molecule has 36 heavy (non-hydrogen) atoms. The normalized spacial score (nSPS) is 21.2. The van der Waals surface area contributed by atoms with Crippen LogP contribution in [0.4, 0.5) is 0 Å². The molecule has 2 aliphatic heterocycles. The molecule has 4 heterocycles. The third-order valence-electron chi connectivity index (χ3n) is 6.83. The van der Waals surface area contributed by atoms with Crippen molar-refractivity contribution in [2.45, 2.75) is 24.7 Å². The fourth-order valence-corrected chi connectivity index (χ4v) is 5.24. The standard InChI is InChI=1S/C28H22ClN3O4/c29-21-14-23-22(31-28(32-23)36-25-15-35-24-9-11-33-26(24)25)13-20(21)18-5-1-16(2-6-18)17-3-7-19(8-4-17)27-30-10-12-34-27/h1-8,10,12-14,24-26H,9,11,15H2,(H,31,32)/t24-,25?,26+/m1/s1. The lowest BCUT2D eigenvalue weighted by molar-refractivity contribution is 0.0273. The predicted octanol–water partition coefficient (Wildman–Crippen LogP) is 6.14. The maximum absolute atomic E-state index is 6.67. The predicted molar refractivity (Wildman–Crippen MR) is 136 cm³/mol. The second-order valence-electron chi connectivity index (χ2n) is 9.04. The highest BCUT2D eigenvalue weighted by molar-refractivity contribution is 6.34. The number of fused-ring (bicyclic) bond motifs is 2. The first-order valence-electron chi connectivity index (χ1n) is 11.9. The third kappa shape index (κ3) is 3.86. The van der Waals surface area contributed by atoms with Crippen LogP contribution in [0.3, 0.4) is 0 Å². The van der Waals surface area contributed by atoms with Gasteiger partial charge in [0.25, 0.3) is 6.01 Å². The van der Waals surface area contributed by atoms with Gasteiger partial charge in [-0.2, -0.15) is 4.98 Å². The molecule has 8 heteroatoms. The maximum Gasteiger partial charge on any atom is 0.295 e. The lowest BCUT2D eigenvalue weighted by Gasteiger charge is -2.15. The van der Waals surface area contributed by atoms with Crippen molar-refractivity contribution in [2.24, 2.45) is 0 Å². The minimum absolute atomic E-state index is 0.0334. The van der Waals surface area contributed by atoms with Gasteiger partial charge in [-0.15, -0.1) is 0 Å². The fourth-order valence-electron chi connectivity index (χ4n) is 4.97. The number of H-pyrrole nitrogens is 1. The number of hydrogen-bond acceptors (Lipinski definition) is 6. The van der Waals surface area contributed by atoms with E-state index in [0.29, 0.717) is 30.1 Å². The molecule has 2 fully saturated rings. The number of imidazole rings is 1. The first kappa shape index (κ1) is 21.6. The van der Waals surface area contributed by atoms with Crippen molar-refractivity contribution in [1.82, 2.24) is 15.0 Å². The van der Waals surface area contributed by atoms with Crippen molar-refractivity contribution in [3.8, 4) is 39.7 Å². The molecule has 2 saturated heterocycles. The second-order valence-corrected chi connectivity index (χ2v) is 9.44. The maximum atomic E-state index is 6.67. The summed E-state index contributed by atoms with van der Waals surface area (Å²) >= 11 is 6.67. The van der Waals surface area contributed by atoms with Crippen molar-refractivity contribution < 1.29 is 18.6 Å². The van der Waals surface area contributed by atoms with Crippen LogP contribution in [-0.4, -0.2) is 46.5 Å². The Morgan fingerprint density at radius 3 is 2.42 bits per heavy atom. The molecule has 1 N–H and O–H groups in total. The summed E-state index contributed by atoms with van der Waals surface area (Å²) in [6, 6.07) is 20.8. The molecule has 0 radical (unpaired) electrons. The summed E-state index contributed by atoms with van der Waals surface area (Å²) in [6.45, 7) is 1.22. The molecule has 3 atom stereocenters. The zero-order valence-electron chi connectivity index (χ0n) is 19.2. The summed E-state index contributed by atoms with van der Waals surface area (Å²) in [7, 11) is 0. The van der Waals surface area contributed by atoms with Gasteiger partial charge in [0.15, 0.2) is 6.10 Å². The number of ether oxygens (including phenoxy) is 3. The van der Waals surface area contributed by atoms with Gasteiger partial charge in [-0.05, 0) is 47.4 Å². The molecule has 7 nitrogen and oxygen atoms in total. The van der Waals surface area contributed by atoms with Gasteiger partial charge in [-0.25, -0.2) is 4.98 Å². The molecule has 0 amide bonds. The molecule has 0 spiro atoms. The van der Waals surface area contributed by atoms with E-state index in [1.54, 1.807) is 12.5 Å². The van der Waals surface area contributed by atoms with E-state index in [0.717, 1.165) is 45.3 Å². The molecular formula is C28H22ClN3O4. The van der Waals surface area contributed by atoms with E-state index in [-0.39, 0.29) is 18.3 Å². The molecule has 0 aliphatic carbocycles. The smallest absolute Gasteiger partial charge is 0.295 e. The Balaban J connectivity index is 1.12. The van der Waals surface area contributed by atoms with Crippen molar-refractivity contribution in [3.63, 3.8) is 0 Å². The number of rotatable bonds is 5. The molecule has 1 unspecified atom stereocenters. The summed E-state index contributed by atoms with van der Waals surface area (Å²) in [6.07, 6.45) is 4.06. The van der Waals surface area contributed by atoms with Crippen LogP contribution in [0.25, 0.3) is 44.7 Å². The molecule has 7 rings (SSSR count). The van der Waals surface area contributed by atoms with Gasteiger partial charge in [-0.3, -0.25) is 0 Å². The van der Waals surface area contributed by atoms with Crippen LogP contribution in [0.15, 0.2) is 77.5 Å². The minimum Gasteiger partial charge on any atom is -0.456 e. The number of oxazole rings is 1. The molecule has 180 valence electrons. The van der Waals surface area contributed by atoms with Gasteiger partial charge in [0, 0.05) is 17.7 Å². The highest BCUT2D eigenvalue weighted by Gasteiger charge is 2.43. The number of aromatic nitrogens is 3. The summed E-state index contributed by atoms with van der Waals surface area (Å²) < 4.78 is 23.0. The van der Waals surface area contributed by atoms with E-state index in [2.05, 4.69) is 51.4 Å². The van der Waals surface area contributed by atoms with Crippen LogP contribution >= 0.6 is 11.6 Å². The Morgan fingerprint density at radius 2 is 1.67 bits per heavy atom. The monoisotopic (exact) mass is 499 g/mol. The Morgan fingerprint density at radius 1 is 0.917 bits per heavy atom. The van der Waals surface area contributed by atoms with E-state index < -0.39 is 0 Å². The minimum atomic E-state index is -0.162. The van der Waals surface area contributed by atoms with Crippen molar-refractivity contribution in [3.05, 3.63) is 78.1 Å². The average molecular weight is 500 g/mol. The van der Waals surface area contributed by atoms with E-state index in [1.807, 2.05) is 24.3 Å². The van der Waals surface area contributed by atoms with Gasteiger partial charge in [0.2, 0.25) is 5.89 Å². The number of benzene rings is 3. The zero-order valence-corrected chi connectivity index (χ0v) is 19.9. The highest BCUT2D eigenvalue weighted by atomic mass is 35.5. The van der Waals surface area contributed by atoms with Gasteiger partial charge in [0.1, 0.15) is 12.4 Å². The Labute approximate surface area is 212 Å². The quantitative estimate of drug-likeness (QED) is 0.313. The first-order valence-corrected chi connectivity index (χ1v) is 12.3. The number of aromatic amines is 1. The second kappa shape index (κ2) is 8.78. The number of nitrogens with zero attached hydrogens (tertiary/aromatic N) is 2. The molecule has 3 aromatic carbocycles. The van der Waals surface area contributed by atoms with Crippen molar-refractivity contribution >= 4 is 22.6 Å². The SMILES string of the molecule is Clc1cc2[nH]c(OC3CO[C@@H]4CCO[C@H]34)nc2cc1-c1ccc(-c2ccc(-c3ncco3)cc2)cc1. The molecule has 5 aromatic rings. The highest BCUT2D eigenvalue weighted by Crippen LogP contribution is 2.35. The average Bonchev–Trinajstić information content (AvgIpc) is 3.70. The topological polar surface area (TPSA) is 82.4 Å². The summed E-state index contributed by atoms with van der Waals surface area (Å²) in [4.78, 5) is 12.1. The van der Waals surface area contributed by atoms with E-state index >= 15 is 0 Å². The lowest BCUT2D eigenvalue weighted by Crippen LogP contribution is -2.32. The Bertz CT molecular complexity index is 1510. The van der Waals surface area contributed by atoms with Crippen molar-refractivity contribution in [1.29, 1.82) is 0 Å². The molecule has 0 bridgehead atoms. The summed E-state index contributed by atoms with van der Waals surface area (Å²) in [5, 5.41) is 0.643. The zero-order chi connectivity index (χ0) is 24.1. The Hall–Kier alpha value is -3.65. The lowest BCUT2D eigenvalue weighted by atomic mass is 9.99. The van der Waals surface area contributed by atoms with Crippen LogP contribution in [0.1, 0.15) is 6.42 Å².